The fourth-order valence-corrected chi connectivity index (χ4v) is 4.12. The van der Waals surface area contributed by atoms with Crippen LogP contribution in [0.25, 0.3) is 15.9 Å². The number of aromatic nitrogens is 4. The monoisotopic (exact) mass is 424 g/mol. The van der Waals surface area contributed by atoms with E-state index in [0.717, 1.165) is 18.5 Å². The van der Waals surface area contributed by atoms with Gasteiger partial charge < -0.3 is 9.84 Å². The number of hydrogen-bond acceptors (Lipinski definition) is 6. The molecule has 0 bridgehead atoms. The molecule has 0 spiro atoms. The maximum Gasteiger partial charge on any atom is 0.341 e. The van der Waals surface area contributed by atoms with Crippen LogP contribution in [0.4, 0.5) is 0 Å². The molecule has 8 nitrogen and oxygen atoms in total. The Morgan fingerprint density at radius 2 is 2.03 bits per heavy atom. The summed E-state index contributed by atoms with van der Waals surface area (Å²) in [5, 5.41) is 19.8. The molecule has 1 N–H and O–H groups in total. The van der Waals surface area contributed by atoms with Crippen molar-refractivity contribution in [3.8, 4) is 11.4 Å². The van der Waals surface area contributed by atoms with E-state index in [1.165, 1.54) is 15.9 Å². The second-order valence-corrected chi connectivity index (χ2v) is 7.64. The molecule has 0 unspecified atom stereocenters. The molecule has 9 heteroatoms. The van der Waals surface area contributed by atoms with Crippen LogP contribution in [0.5, 0.6) is 5.75 Å². The van der Waals surface area contributed by atoms with Crippen molar-refractivity contribution in [1.82, 2.24) is 19.6 Å². The van der Waals surface area contributed by atoms with Gasteiger partial charge in [-0.3, -0.25) is 9.36 Å². The number of carboxylic acids is 1. The molecule has 0 atom stereocenters. The van der Waals surface area contributed by atoms with Crippen LogP contribution in [-0.4, -0.2) is 37.2 Å². The number of fused-ring (bicyclic) bond motifs is 1. The number of pyridine rings is 1. The Hall–Kier alpha value is -3.46. The Morgan fingerprint density at radius 1 is 1.23 bits per heavy atom. The molecular weight excluding hydrogens is 404 g/mol. The van der Waals surface area contributed by atoms with Crippen LogP contribution in [-0.2, 0) is 6.54 Å². The van der Waals surface area contributed by atoms with Gasteiger partial charge in [0.05, 0.1) is 35.3 Å². The third-order valence-corrected chi connectivity index (χ3v) is 5.59. The van der Waals surface area contributed by atoms with Gasteiger partial charge in [0.1, 0.15) is 11.3 Å². The van der Waals surface area contributed by atoms with Gasteiger partial charge in [0.15, 0.2) is 0 Å². The first kappa shape index (κ1) is 19.8. The van der Waals surface area contributed by atoms with E-state index in [0.29, 0.717) is 15.9 Å². The number of thiophene rings is 1. The number of nitrogens with zero attached hydrogens (tertiary/aromatic N) is 4. The molecule has 0 aliphatic heterocycles. The molecule has 0 saturated heterocycles. The minimum absolute atomic E-state index is 0.0784. The van der Waals surface area contributed by atoms with Gasteiger partial charge in [0, 0.05) is 0 Å². The molecule has 3 aromatic heterocycles. The van der Waals surface area contributed by atoms with Gasteiger partial charge in [0.25, 0.3) is 5.56 Å². The molecule has 0 aliphatic carbocycles. The van der Waals surface area contributed by atoms with E-state index < -0.39 is 11.5 Å². The predicted octanol–water partition coefficient (Wildman–Crippen LogP) is 3.57. The van der Waals surface area contributed by atoms with Gasteiger partial charge in [0.2, 0.25) is 5.75 Å². The van der Waals surface area contributed by atoms with E-state index in [2.05, 4.69) is 10.3 Å². The summed E-state index contributed by atoms with van der Waals surface area (Å²) >= 11 is 1.27. The molecule has 4 aromatic rings. The van der Waals surface area contributed by atoms with Crippen molar-refractivity contribution >= 4 is 27.5 Å². The van der Waals surface area contributed by atoms with Crippen LogP contribution >= 0.6 is 11.3 Å². The minimum Gasteiger partial charge on any atom is -0.487 e. The average Bonchev–Trinajstić information content (AvgIpc) is 3.41. The number of para-hydroxylation sites is 1. The second kappa shape index (κ2) is 8.50. The lowest BCUT2D eigenvalue weighted by molar-refractivity contribution is 0.0694. The first-order valence-electron chi connectivity index (χ1n) is 9.57. The third-order valence-electron chi connectivity index (χ3n) is 4.67. The van der Waals surface area contributed by atoms with Crippen LogP contribution in [0.1, 0.15) is 35.8 Å². The summed E-state index contributed by atoms with van der Waals surface area (Å²) in [4.78, 5) is 25.1. The first-order chi connectivity index (χ1) is 14.6. The molecule has 30 heavy (non-hydrogen) atoms. The lowest BCUT2D eigenvalue weighted by Gasteiger charge is -2.13. The number of carboxylic acid groups (broad SMARTS) is 1. The van der Waals surface area contributed by atoms with Crippen LogP contribution in [0.2, 0.25) is 0 Å². The van der Waals surface area contributed by atoms with Crippen LogP contribution in [0.15, 0.2) is 52.8 Å². The largest absolute Gasteiger partial charge is 0.487 e. The summed E-state index contributed by atoms with van der Waals surface area (Å²) in [6, 6.07) is 11.3. The molecule has 0 amide bonds. The molecule has 0 fully saturated rings. The highest BCUT2D eigenvalue weighted by Crippen LogP contribution is 2.30. The number of ether oxygens (including phenoxy) is 1. The molecule has 154 valence electrons. The number of carbonyl (C=O) groups is 1. The van der Waals surface area contributed by atoms with E-state index in [-0.39, 0.29) is 24.5 Å². The van der Waals surface area contributed by atoms with Gasteiger partial charge in [-0.1, -0.05) is 36.8 Å². The van der Waals surface area contributed by atoms with Crippen LogP contribution in [0, 0.1) is 0 Å². The molecular formula is C21H20N4O4S. The normalized spacial score (nSPS) is 11.1. The summed E-state index contributed by atoms with van der Waals surface area (Å²) in [6.45, 7) is 2.44. The van der Waals surface area contributed by atoms with Crippen molar-refractivity contribution in [2.24, 2.45) is 0 Å². The quantitative estimate of drug-likeness (QED) is 0.434. The smallest absolute Gasteiger partial charge is 0.341 e. The zero-order valence-corrected chi connectivity index (χ0v) is 17.1. The predicted molar refractivity (Wildman–Crippen MR) is 114 cm³/mol. The average molecular weight is 424 g/mol. The Labute approximate surface area is 176 Å². The van der Waals surface area contributed by atoms with Crippen molar-refractivity contribution in [3.63, 3.8) is 0 Å². The maximum atomic E-state index is 13.2. The minimum atomic E-state index is -1.17. The first-order valence-corrected chi connectivity index (χ1v) is 10.4. The van der Waals surface area contributed by atoms with E-state index in [9.17, 15) is 14.7 Å². The Bertz CT molecular complexity index is 1240. The van der Waals surface area contributed by atoms with Crippen LogP contribution < -0.4 is 10.3 Å². The lowest BCUT2D eigenvalue weighted by Crippen LogP contribution is -2.26. The fourth-order valence-electron chi connectivity index (χ4n) is 3.19. The SMILES string of the molecule is CCCCOc1c(C(=O)O)c2sccc2n(Cc2cn(-c3ccccc3)nn2)c1=O. The Morgan fingerprint density at radius 3 is 2.77 bits per heavy atom. The van der Waals surface area contributed by atoms with Crippen molar-refractivity contribution in [2.45, 2.75) is 26.3 Å². The van der Waals surface area contributed by atoms with E-state index in [1.54, 1.807) is 22.3 Å². The van der Waals surface area contributed by atoms with Crippen LogP contribution in [0.3, 0.4) is 0 Å². The Kier molecular flexibility index (Phi) is 5.62. The zero-order chi connectivity index (χ0) is 21.1. The molecule has 1 aromatic carbocycles. The number of hydrogen-bond donors (Lipinski definition) is 1. The summed E-state index contributed by atoms with van der Waals surface area (Å²) in [5.41, 5.74) is 1.42. The van der Waals surface area contributed by atoms with Gasteiger partial charge in [-0.15, -0.1) is 16.4 Å². The standard InChI is InChI=1S/C21H20N4O4S/c1-2-3-10-29-18-17(21(27)28)19-16(9-11-30-19)24(20(18)26)12-14-13-25(23-22-14)15-7-5-4-6-8-15/h4-9,11,13H,2-3,10,12H2,1H3,(H,27,28). The lowest BCUT2D eigenvalue weighted by atomic mass is 10.2. The maximum absolute atomic E-state index is 13.2. The van der Waals surface area contributed by atoms with Gasteiger partial charge in [-0.05, 0) is 30.0 Å². The molecule has 0 aliphatic rings. The fraction of sp³-hybridized carbons (Fsp3) is 0.238. The van der Waals surface area contributed by atoms with Gasteiger partial charge in [-0.2, -0.15) is 0 Å². The van der Waals surface area contributed by atoms with Crippen molar-refractivity contribution < 1.29 is 14.6 Å². The number of rotatable bonds is 8. The highest BCUT2D eigenvalue weighted by molar-refractivity contribution is 7.17. The summed E-state index contributed by atoms with van der Waals surface area (Å²) < 4.78 is 9.29. The van der Waals surface area contributed by atoms with E-state index >= 15 is 0 Å². The van der Waals surface area contributed by atoms with Crippen molar-refractivity contribution in [2.75, 3.05) is 6.61 Å². The highest BCUT2D eigenvalue weighted by Gasteiger charge is 2.24. The molecule has 4 rings (SSSR count). The topological polar surface area (TPSA) is 99.2 Å². The Balaban J connectivity index is 1.77. The van der Waals surface area contributed by atoms with Gasteiger partial charge in [-0.25, -0.2) is 9.48 Å². The van der Waals surface area contributed by atoms with Gasteiger partial charge >= 0.3 is 5.97 Å². The molecule has 0 saturated carbocycles. The van der Waals surface area contributed by atoms with E-state index in [4.69, 9.17) is 4.74 Å². The highest BCUT2D eigenvalue weighted by atomic mass is 32.1. The number of unbranched alkanes of at least 4 members (excludes halogenated alkanes) is 1. The summed E-state index contributed by atoms with van der Waals surface area (Å²) in [5.74, 6) is -1.30. The van der Waals surface area contributed by atoms with Crippen molar-refractivity contribution in [1.29, 1.82) is 0 Å². The zero-order valence-electron chi connectivity index (χ0n) is 16.3. The number of aromatic carboxylic acids is 1. The van der Waals surface area contributed by atoms with E-state index in [1.807, 2.05) is 37.3 Å². The second-order valence-electron chi connectivity index (χ2n) is 6.73. The third kappa shape index (κ3) is 3.71. The summed E-state index contributed by atoms with van der Waals surface area (Å²) in [6.07, 6.45) is 3.36. The molecule has 3 heterocycles. The number of benzene rings is 1. The summed E-state index contributed by atoms with van der Waals surface area (Å²) in [7, 11) is 0. The van der Waals surface area contributed by atoms with Crippen molar-refractivity contribution in [3.05, 3.63) is 69.6 Å². The molecule has 0 radical (unpaired) electrons.